The summed E-state index contributed by atoms with van der Waals surface area (Å²) >= 11 is 0. The van der Waals surface area contributed by atoms with E-state index in [0.717, 1.165) is 13.0 Å². The van der Waals surface area contributed by atoms with Crippen LogP contribution in [-0.4, -0.2) is 42.3 Å². The van der Waals surface area contributed by atoms with E-state index in [9.17, 15) is 8.42 Å². The summed E-state index contributed by atoms with van der Waals surface area (Å²) in [4.78, 5) is 2.34. The molecular formula is C14H25NO2SSi. The zero-order valence-corrected chi connectivity index (χ0v) is 14.2. The molecule has 0 radical (unpaired) electrons. The van der Waals surface area contributed by atoms with Gasteiger partial charge in [-0.15, -0.1) is 0 Å². The molecule has 0 aliphatic heterocycles. The van der Waals surface area contributed by atoms with Gasteiger partial charge in [-0.05, 0) is 32.1 Å². The molecule has 3 nitrogen and oxygen atoms in total. The topological polar surface area (TPSA) is 37.4 Å². The van der Waals surface area contributed by atoms with Crippen LogP contribution >= 0.6 is 0 Å². The van der Waals surface area contributed by atoms with Crippen LogP contribution in [0.4, 0.5) is 0 Å². The van der Waals surface area contributed by atoms with Crippen molar-refractivity contribution in [3.8, 4) is 0 Å². The quantitative estimate of drug-likeness (QED) is 0.518. The van der Waals surface area contributed by atoms with E-state index >= 15 is 0 Å². The van der Waals surface area contributed by atoms with Gasteiger partial charge in [0.25, 0.3) is 0 Å². The summed E-state index contributed by atoms with van der Waals surface area (Å²) in [5.74, 6) is 0.117. The van der Waals surface area contributed by atoms with Crippen LogP contribution in [0.25, 0.3) is 0 Å². The average Bonchev–Trinajstić information content (AvgIpc) is 2.39. The van der Waals surface area contributed by atoms with E-state index in [2.05, 4.69) is 6.92 Å². The maximum absolute atomic E-state index is 12.1. The third-order valence-corrected chi connectivity index (χ3v) is 7.11. The molecule has 1 aromatic rings. The van der Waals surface area contributed by atoms with E-state index in [4.69, 9.17) is 0 Å². The molecule has 0 aliphatic rings. The monoisotopic (exact) mass is 299 g/mol. The molecule has 1 rings (SSSR count). The van der Waals surface area contributed by atoms with Gasteiger partial charge in [-0.3, -0.25) is 4.90 Å². The molecule has 0 amide bonds. The molecule has 19 heavy (non-hydrogen) atoms. The van der Waals surface area contributed by atoms with Gasteiger partial charge < -0.3 is 0 Å². The van der Waals surface area contributed by atoms with Crippen molar-refractivity contribution in [1.29, 1.82) is 0 Å². The highest BCUT2D eigenvalue weighted by Gasteiger charge is 2.16. The Morgan fingerprint density at radius 3 is 2.47 bits per heavy atom. The van der Waals surface area contributed by atoms with Crippen molar-refractivity contribution < 1.29 is 8.42 Å². The largest absolute Gasteiger partial charge is 0.293 e. The lowest BCUT2D eigenvalue weighted by Gasteiger charge is -2.16. The van der Waals surface area contributed by atoms with Gasteiger partial charge in [0.2, 0.25) is 0 Å². The van der Waals surface area contributed by atoms with E-state index in [-0.39, 0.29) is 15.4 Å². The molecule has 0 atom stereocenters. The minimum Gasteiger partial charge on any atom is -0.293 e. The number of hydrogen-bond acceptors (Lipinski definition) is 3. The van der Waals surface area contributed by atoms with Crippen molar-refractivity contribution in [3.63, 3.8) is 0 Å². The molecule has 5 heteroatoms. The van der Waals surface area contributed by atoms with Crippen LogP contribution in [0.1, 0.15) is 19.8 Å². The van der Waals surface area contributed by atoms with Crippen LogP contribution in [0.15, 0.2) is 35.2 Å². The summed E-state index contributed by atoms with van der Waals surface area (Å²) in [7, 11) is -1.18. The lowest BCUT2D eigenvalue weighted by atomic mass is 10.4. The number of benzene rings is 1. The van der Waals surface area contributed by atoms with E-state index in [1.807, 2.05) is 18.0 Å². The molecule has 0 bridgehead atoms. The minimum atomic E-state index is -3.17. The van der Waals surface area contributed by atoms with Crippen LogP contribution < -0.4 is 0 Å². The maximum atomic E-state index is 12.1. The molecule has 0 saturated heterocycles. The lowest BCUT2D eigenvalue weighted by molar-refractivity contribution is 0.381. The average molecular weight is 300 g/mol. The van der Waals surface area contributed by atoms with Gasteiger partial charge in [0, 0.05) is 9.52 Å². The third-order valence-electron chi connectivity index (χ3n) is 3.14. The smallest absolute Gasteiger partial charge is 0.191 e. The summed E-state index contributed by atoms with van der Waals surface area (Å²) in [6.45, 7) is 3.11. The fourth-order valence-corrected chi connectivity index (χ4v) is 4.90. The van der Waals surface area contributed by atoms with Crippen LogP contribution in [0, 0.1) is 0 Å². The van der Waals surface area contributed by atoms with Gasteiger partial charge >= 0.3 is 0 Å². The number of rotatable bonds is 9. The molecule has 0 N–H and O–H groups in total. The van der Waals surface area contributed by atoms with Crippen molar-refractivity contribution in [2.75, 3.05) is 19.5 Å². The second kappa shape index (κ2) is 8.50. The van der Waals surface area contributed by atoms with Crippen LogP contribution in [0.3, 0.4) is 0 Å². The summed E-state index contributed by atoms with van der Waals surface area (Å²) < 4.78 is 24.3. The summed E-state index contributed by atoms with van der Waals surface area (Å²) in [5, 5.41) is 0. The normalized spacial score (nSPS) is 12.6. The fourth-order valence-electron chi connectivity index (χ4n) is 2.04. The lowest BCUT2D eigenvalue weighted by Crippen LogP contribution is -2.27. The van der Waals surface area contributed by atoms with Crippen molar-refractivity contribution in [3.05, 3.63) is 30.3 Å². The number of sulfone groups is 1. The Labute approximate surface area is 119 Å². The first-order valence-corrected chi connectivity index (χ1v) is 10.7. The van der Waals surface area contributed by atoms with E-state index in [0.29, 0.717) is 4.90 Å². The first-order valence-electron chi connectivity index (χ1n) is 7.02. The molecule has 108 valence electrons. The maximum Gasteiger partial charge on any atom is 0.191 e. The van der Waals surface area contributed by atoms with Crippen molar-refractivity contribution in [2.24, 2.45) is 0 Å². The predicted octanol–water partition coefficient (Wildman–Crippen LogP) is 2.16. The molecule has 0 spiro atoms. The summed E-state index contributed by atoms with van der Waals surface area (Å²) in [6, 6.07) is 11.4. The molecule has 0 unspecified atom stereocenters. The molecule has 0 aromatic heterocycles. The summed E-state index contributed by atoms with van der Waals surface area (Å²) in [5.41, 5.74) is 0. The summed E-state index contributed by atoms with van der Waals surface area (Å²) in [6.07, 6.45) is 2.43. The van der Waals surface area contributed by atoms with E-state index in [1.165, 1.54) is 18.5 Å². The molecule has 1 aromatic carbocycles. The Balaban J connectivity index is 2.37. The van der Waals surface area contributed by atoms with Crippen LogP contribution in [-0.2, 0) is 9.84 Å². The van der Waals surface area contributed by atoms with E-state index < -0.39 is 9.84 Å². The number of hydrogen-bond donors (Lipinski definition) is 0. The highest BCUT2D eigenvalue weighted by Crippen LogP contribution is 2.11. The zero-order valence-electron chi connectivity index (χ0n) is 12.0. The highest BCUT2D eigenvalue weighted by atomic mass is 32.2. The standard InChI is InChI=1S/C14H25NO2SSi/c1-3-11-19-12-7-10-15(2)13-18(16,17)14-8-5-4-6-9-14/h4-6,8-9H,3,7,10-13,19H2,1-2H3. The second-order valence-electron chi connectivity index (χ2n) is 5.05. The molecule has 0 fully saturated rings. The van der Waals surface area contributed by atoms with Crippen molar-refractivity contribution in [2.45, 2.75) is 36.7 Å². The fraction of sp³-hybridized carbons (Fsp3) is 0.571. The van der Waals surface area contributed by atoms with Gasteiger partial charge in [-0.25, -0.2) is 8.42 Å². The van der Waals surface area contributed by atoms with E-state index in [1.54, 1.807) is 24.3 Å². The Hall–Kier alpha value is -0.653. The SMILES string of the molecule is CCC[SiH2]CCCN(C)CS(=O)(=O)c1ccccc1. The van der Waals surface area contributed by atoms with Crippen molar-refractivity contribution >= 4 is 19.4 Å². The van der Waals surface area contributed by atoms with Gasteiger partial charge in [0.1, 0.15) is 5.88 Å². The van der Waals surface area contributed by atoms with Crippen LogP contribution in [0.2, 0.25) is 12.1 Å². The van der Waals surface area contributed by atoms with Gasteiger partial charge in [0.05, 0.1) is 4.90 Å². The first kappa shape index (κ1) is 16.4. The zero-order chi connectivity index (χ0) is 14.1. The predicted molar refractivity (Wildman–Crippen MR) is 84.2 cm³/mol. The van der Waals surface area contributed by atoms with Gasteiger partial charge in [-0.2, -0.15) is 0 Å². The Kier molecular flexibility index (Phi) is 7.34. The Morgan fingerprint density at radius 2 is 1.84 bits per heavy atom. The molecule has 0 saturated carbocycles. The van der Waals surface area contributed by atoms with Crippen molar-refractivity contribution in [1.82, 2.24) is 4.90 Å². The first-order chi connectivity index (χ1) is 9.06. The molecular weight excluding hydrogens is 274 g/mol. The van der Waals surface area contributed by atoms with Crippen LogP contribution in [0.5, 0.6) is 0 Å². The third kappa shape index (κ3) is 6.36. The van der Waals surface area contributed by atoms with Gasteiger partial charge in [0.15, 0.2) is 9.84 Å². The van der Waals surface area contributed by atoms with Gasteiger partial charge in [-0.1, -0.05) is 43.6 Å². The molecule has 0 heterocycles. The minimum absolute atomic E-state index is 0.0997. The highest BCUT2D eigenvalue weighted by molar-refractivity contribution is 7.91. The Morgan fingerprint density at radius 1 is 1.16 bits per heavy atom. The number of nitrogens with zero attached hydrogens (tertiary/aromatic N) is 1. The Bertz CT molecular complexity index is 448. The molecule has 0 aliphatic carbocycles. The second-order valence-corrected chi connectivity index (χ2v) is 9.13.